The van der Waals surface area contributed by atoms with Gasteiger partial charge in [-0.15, -0.1) is 0 Å². The van der Waals surface area contributed by atoms with E-state index < -0.39 is 24.0 Å². The number of aryl methyl sites for hydroxylation is 1. The number of nitriles is 1. The summed E-state index contributed by atoms with van der Waals surface area (Å²) in [5, 5.41) is 19.0. The largest absolute Gasteiger partial charge is 0.489 e. The lowest BCUT2D eigenvalue weighted by atomic mass is 10.0. The number of hydrogen-bond donors (Lipinski definition) is 2. The van der Waals surface area contributed by atoms with E-state index in [0.29, 0.717) is 84.4 Å². The second kappa shape index (κ2) is 24.1. The minimum absolute atomic E-state index is 0.00332. The van der Waals surface area contributed by atoms with Crippen molar-refractivity contribution in [1.82, 2.24) is 34.9 Å². The number of carbonyl (C=O) groups is 5. The van der Waals surface area contributed by atoms with E-state index in [1.165, 1.54) is 9.80 Å². The number of amides is 6. The standard InChI is InChI=1S/C62H63Cl2N11O7/c1-38-12-16-44(30-51(38)64)67-61(80)66-31-41-15-19-48-43(29-41)33-74(59(48)78)54-20-21-55(76)75(60(54)79)32-40-13-17-47(18-14-40)81-36-39(2)58(77)73-28-27-72(34-45(73)22-24-65)57-49-23-26-71(53-11-5-8-42-7-4-10-50(63)56(42)53)35-52(49)68-62(69-57)82-37-46-9-6-25-70(46)3/h4-5,7-8,10-19,29-30,45-46,54H,2,6,9,20-23,25-28,31-37H2,1,3H3,(H2,66,67,80)/t45-,46-,54?/m0/s1. The molecular formula is C62H63Cl2N11O7. The third-order valence-electron chi connectivity index (χ3n) is 16.4. The van der Waals surface area contributed by atoms with Gasteiger partial charge in [0, 0.05) is 90.2 Å². The molecule has 3 atom stereocenters. The van der Waals surface area contributed by atoms with Crippen molar-refractivity contribution >= 4 is 80.8 Å². The maximum Gasteiger partial charge on any atom is 0.319 e. The first-order chi connectivity index (χ1) is 39.7. The molecule has 6 aromatic rings. The molecule has 6 amide bonds. The van der Waals surface area contributed by atoms with Crippen molar-refractivity contribution in [3.05, 3.63) is 158 Å². The van der Waals surface area contributed by atoms with Crippen LogP contribution in [0.1, 0.15) is 76.0 Å². The van der Waals surface area contributed by atoms with Crippen LogP contribution in [0.3, 0.4) is 0 Å². The number of nitrogens with one attached hydrogen (secondary N) is 2. The first-order valence-electron chi connectivity index (χ1n) is 27.7. The number of nitrogens with zero attached hydrogens (tertiary/aromatic N) is 9. The van der Waals surface area contributed by atoms with Gasteiger partial charge in [-0.05, 0) is 116 Å². The Hall–Kier alpha value is -8.24. The maximum absolute atomic E-state index is 14.2. The van der Waals surface area contributed by atoms with Gasteiger partial charge in [0.1, 0.15) is 30.8 Å². The summed E-state index contributed by atoms with van der Waals surface area (Å²) in [6.07, 6.45) is 3.20. The number of likely N-dealkylation sites (tertiary alicyclic amines) is 2. The van der Waals surface area contributed by atoms with Crippen molar-refractivity contribution in [2.75, 3.05) is 68.1 Å². The van der Waals surface area contributed by atoms with Crippen LogP contribution >= 0.6 is 23.2 Å². The highest BCUT2D eigenvalue weighted by molar-refractivity contribution is 6.36. The number of halogens is 2. The Morgan fingerprint density at radius 2 is 1.65 bits per heavy atom. The number of fused-ring (bicyclic) bond motifs is 3. The minimum Gasteiger partial charge on any atom is -0.489 e. The number of likely N-dealkylation sites (N-methyl/N-ethyl adjacent to an activating group) is 1. The third kappa shape index (κ3) is 11.8. The van der Waals surface area contributed by atoms with Gasteiger partial charge in [0.2, 0.25) is 5.91 Å². The van der Waals surface area contributed by atoms with E-state index in [-0.39, 0.29) is 74.8 Å². The molecule has 2 N–H and O–H groups in total. The molecule has 0 saturated carbocycles. The number of hydrogen-bond acceptors (Lipinski definition) is 13. The molecule has 5 aliphatic rings. The number of benzene rings is 5. The van der Waals surface area contributed by atoms with Crippen LogP contribution in [0.15, 0.2) is 109 Å². The second-order valence-corrected chi connectivity index (χ2v) is 22.5. The lowest BCUT2D eigenvalue weighted by Crippen LogP contribution is -2.56. The summed E-state index contributed by atoms with van der Waals surface area (Å²) in [5.74, 6) is -0.178. The van der Waals surface area contributed by atoms with E-state index in [0.717, 1.165) is 69.6 Å². The zero-order chi connectivity index (χ0) is 57.2. The summed E-state index contributed by atoms with van der Waals surface area (Å²) in [7, 11) is 2.11. The van der Waals surface area contributed by atoms with Crippen LogP contribution in [0.5, 0.6) is 11.8 Å². The molecule has 6 heterocycles. The zero-order valence-electron chi connectivity index (χ0n) is 45.8. The van der Waals surface area contributed by atoms with Crippen LogP contribution < -0.4 is 29.9 Å². The molecular weight excluding hydrogens is 1080 g/mol. The van der Waals surface area contributed by atoms with Crippen molar-refractivity contribution in [3.8, 4) is 17.8 Å². The molecule has 1 aromatic heterocycles. The summed E-state index contributed by atoms with van der Waals surface area (Å²) in [6, 6.07) is 30.8. The molecule has 5 aromatic carbocycles. The fourth-order valence-corrected chi connectivity index (χ4v) is 12.2. The Bertz CT molecular complexity index is 3550. The number of carbonyl (C=O) groups excluding carboxylic acids is 5. The molecule has 1 unspecified atom stereocenters. The first kappa shape index (κ1) is 55.7. The van der Waals surface area contributed by atoms with Gasteiger partial charge >= 0.3 is 12.0 Å². The quantitative estimate of drug-likeness (QED) is 0.0690. The number of imide groups is 1. The Morgan fingerprint density at radius 3 is 2.43 bits per heavy atom. The Morgan fingerprint density at radius 1 is 0.841 bits per heavy atom. The lowest BCUT2D eigenvalue weighted by Gasteiger charge is -2.42. The predicted molar refractivity (Wildman–Crippen MR) is 313 cm³/mol. The highest BCUT2D eigenvalue weighted by Crippen LogP contribution is 2.38. The molecule has 422 valence electrons. The second-order valence-electron chi connectivity index (χ2n) is 21.7. The van der Waals surface area contributed by atoms with Crippen LogP contribution in [0.4, 0.5) is 22.0 Å². The van der Waals surface area contributed by atoms with E-state index >= 15 is 0 Å². The highest BCUT2D eigenvalue weighted by Gasteiger charge is 2.43. The molecule has 5 aliphatic heterocycles. The predicted octanol–water partition coefficient (Wildman–Crippen LogP) is 8.84. The molecule has 18 nitrogen and oxygen atoms in total. The third-order valence-corrected chi connectivity index (χ3v) is 17.1. The van der Waals surface area contributed by atoms with E-state index in [2.05, 4.69) is 63.2 Å². The average Bonchev–Trinajstić information content (AvgIpc) is 4.11. The number of ether oxygens (including phenoxy) is 2. The molecule has 20 heteroatoms. The van der Waals surface area contributed by atoms with Gasteiger partial charge in [-0.1, -0.05) is 84.4 Å². The summed E-state index contributed by atoms with van der Waals surface area (Å²) in [4.78, 5) is 89.1. The molecule has 0 spiro atoms. The molecule has 0 bridgehead atoms. The molecule has 3 fully saturated rings. The van der Waals surface area contributed by atoms with Crippen molar-refractivity contribution < 1.29 is 33.4 Å². The van der Waals surface area contributed by atoms with Crippen molar-refractivity contribution in [2.45, 2.75) is 89.8 Å². The fraction of sp³-hybridized carbons (Fsp3) is 0.355. The molecule has 0 aliphatic carbocycles. The first-order valence-corrected chi connectivity index (χ1v) is 28.5. The smallest absolute Gasteiger partial charge is 0.319 e. The average molecular weight is 1150 g/mol. The Labute approximate surface area is 486 Å². The van der Waals surface area contributed by atoms with Gasteiger partial charge in [-0.2, -0.15) is 15.2 Å². The SMILES string of the molecule is C=C(COc1ccc(CN2C(=O)CCC(N3Cc4cc(CNC(=O)Nc5ccc(C)c(Cl)c5)ccc4C3=O)C2=O)cc1)C(=O)N1CCN(c2nc(OC[C@@H]3CCCN3C)nc3c2CCN(c2cccc4cccc(Cl)c24)C3)C[C@@H]1CC#N. The molecule has 3 saturated heterocycles. The van der Waals surface area contributed by atoms with Gasteiger partial charge < -0.3 is 44.6 Å². The van der Waals surface area contributed by atoms with Gasteiger partial charge in [-0.25, -0.2) is 4.79 Å². The summed E-state index contributed by atoms with van der Waals surface area (Å²) in [6.45, 7) is 10.1. The van der Waals surface area contributed by atoms with Crippen LogP contribution in [0.2, 0.25) is 10.0 Å². The van der Waals surface area contributed by atoms with Gasteiger partial charge in [-0.3, -0.25) is 24.1 Å². The lowest BCUT2D eigenvalue weighted by molar-refractivity contribution is -0.153. The number of piperidine rings is 1. The van der Waals surface area contributed by atoms with Crippen molar-refractivity contribution in [1.29, 1.82) is 5.26 Å². The topological polar surface area (TPSA) is 197 Å². The minimum atomic E-state index is -0.832. The molecule has 82 heavy (non-hydrogen) atoms. The summed E-state index contributed by atoms with van der Waals surface area (Å²) in [5.41, 5.74) is 7.24. The van der Waals surface area contributed by atoms with Crippen molar-refractivity contribution in [3.63, 3.8) is 0 Å². The van der Waals surface area contributed by atoms with Gasteiger partial charge in [0.05, 0.1) is 42.3 Å². The Balaban J connectivity index is 0.697. The number of rotatable bonds is 16. The number of piperazine rings is 1. The van der Waals surface area contributed by atoms with E-state index in [9.17, 15) is 29.2 Å². The van der Waals surface area contributed by atoms with Crippen molar-refractivity contribution in [2.24, 2.45) is 0 Å². The van der Waals surface area contributed by atoms with Gasteiger partial charge in [0.25, 0.3) is 17.7 Å². The number of urea groups is 1. The highest BCUT2D eigenvalue weighted by atomic mass is 35.5. The van der Waals surface area contributed by atoms with Crippen LogP contribution in [-0.4, -0.2) is 130 Å². The van der Waals surface area contributed by atoms with E-state index in [1.54, 1.807) is 53.4 Å². The Kier molecular flexibility index (Phi) is 16.3. The van der Waals surface area contributed by atoms with E-state index in [4.69, 9.17) is 42.6 Å². The van der Waals surface area contributed by atoms with Crippen LogP contribution in [0, 0.1) is 18.3 Å². The molecule has 0 radical (unpaired) electrons. The normalized spacial score (nSPS) is 19.0. The summed E-state index contributed by atoms with van der Waals surface area (Å²) >= 11 is 13.0. The fourth-order valence-electron chi connectivity index (χ4n) is 11.8. The van der Waals surface area contributed by atoms with E-state index in [1.807, 2.05) is 37.3 Å². The zero-order valence-corrected chi connectivity index (χ0v) is 47.3. The monoisotopic (exact) mass is 1140 g/mol. The maximum atomic E-state index is 14.2. The van der Waals surface area contributed by atoms with Gasteiger partial charge in [0.15, 0.2) is 0 Å². The number of aromatic nitrogens is 2. The molecule has 11 rings (SSSR count). The summed E-state index contributed by atoms with van der Waals surface area (Å²) < 4.78 is 12.5. The van der Waals surface area contributed by atoms with Crippen LogP contribution in [-0.2, 0) is 47.0 Å². The van der Waals surface area contributed by atoms with Crippen LogP contribution in [0.25, 0.3) is 10.8 Å². The number of anilines is 3.